The van der Waals surface area contributed by atoms with Crippen LogP contribution in [-0.2, 0) is 6.42 Å². The number of benzene rings is 2. The maximum Gasteiger partial charge on any atom is 0.212 e. The maximum absolute atomic E-state index is 5.42. The quantitative estimate of drug-likeness (QED) is 0.632. The molecule has 0 unspecified atom stereocenters. The summed E-state index contributed by atoms with van der Waals surface area (Å²) >= 11 is 1.68. The minimum absolute atomic E-state index is 0.211. The van der Waals surface area contributed by atoms with E-state index in [1.54, 1.807) is 26.0 Å². The number of fused-ring (bicyclic) bond motifs is 1. The molecule has 0 saturated carbocycles. The van der Waals surface area contributed by atoms with Gasteiger partial charge in [-0.3, -0.25) is 0 Å². The van der Waals surface area contributed by atoms with Gasteiger partial charge in [-0.2, -0.15) is 9.78 Å². The number of thioether (sulfide) groups is 1. The van der Waals surface area contributed by atoms with Gasteiger partial charge >= 0.3 is 0 Å². The van der Waals surface area contributed by atoms with Crippen molar-refractivity contribution in [3.8, 4) is 11.5 Å². The van der Waals surface area contributed by atoms with Crippen LogP contribution in [0.5, 0.6) is 11.5 Å². The molecule has 29 heavy (non-hydrogen) atoms. The second-order valence-electron chi connectivity index (χ2n) is 7.12. The van der Waals surface area contributed by atoms with Crippen molar-refractivity contribution in [3.05, 3.63) is 64.5 Å². The summed E-state index contributed by atoms with van der Waals surface area (Å²) in [4.78, 5) is 0. The van der Waals surface area contributed by atoms with E-state index in [-0.39, 0.29) is 5.25 Å². The molecule has 0 aliphatic carbocycles. The number of hydrogen-bond acceptors (Lipinski definition) is 6. The summed E-state index contributed by atoms with van der Waals surface area (Å²) in [6, 6.07) is 12.4. The minimum Gasteiger partial charge on any atom is -0.493 e. The Balaban J connectivity index is 1.69. The van der Waals surface area contributed by atoms with Crippen LogP contribution in [0.3, 0.4) is 0 Å². The third kappa shape index (κ3) is 3.74. The largest absolute Gasteiger partial charge is 0.493 e. The molecule has 0 bridgehead atoms. The molecule has 4 rings (SSSR count). The Morgan fingerprint density at radius 1 is 0.966 bits per heavy atom. The lowest BCUT2D eigenvalue weighted by atomic mass is 10.0. The Morgan fingerprint density at radius 2 is 1.76 bits per heavy atom. The van der Waals surface area contributed by atoms with Crippen molar-refractivity contribution in [2.45, 2.75) is 37.6 Å². The third-order valence-electron chi connectivity index (χ3n) is 5.16. The Hall–Kier alpha value is -2.80. The number of aromatic nitrogens is 3. The number of ether oxygens (including phenoxy) is 2. The van der Waals surface area contributed by atoms with Gasteiger partial charge in [0.25, 0.3) is 0 Å². The number of aryl methyl sites for hydroxylation is 2. The van der Waals surface area contributed by atoms with Gasteiger partial charge in [0.05, 0.1) is 25.2 Å². The van der Waals surface area contributed by atoms with Crippen molar-refractivity contribution in [2.75, 3.05) is 14.2 Å². The second kappa shape index (κ2) is 7.91. The Bertz CT molecular complexity index is 1090. The van der Waals surface area contributed by atoms with E-state index < -0.39 is 0 Å². The molecular weight excluding hydrogens is 384 g/mol. The van der Waals surface area contributed by atoms with Gasteiger partial charge in [-0.25, -0.2) is 0 Å². The summed E-state index contributed by atoms with van der Waals surface area (Å²) in [5.74, 6) is 2.21. The Labute approximate surface area is 175 Å². The molecule has 1 atom stereocenters. The number of rotatable bonds is 5. The fraction of sp³-hybridized carbons (Fsp3) is 0.318. The van der Waals surface area contributed by atoms with Crippen molar-refractivity contribution in [3.63, 3.8) is 0 Å². The first-order valence-electron chi connectivity index (χ1n) is 9.48. The molecule has 0 radical (unpaired) electrons. The first-order chi connectivity index (χ1) is 14.0. The van der Waals surface area contributed by atoms with Crippen LogP contribution in [-0.4, -0.2) is 40.1 Å². The minimum atomic E-state index is 0.211. The van der Waals surface area contributed by atoms with E-state index in [9.17, 15) is 0 Å². The summed E-state index contributed by atoms with van der Waals surface area (Å²) < 4.78 is 12.6. The van der Waals surface area contributed by atoms with E-state index >= 15 is 0 Å². The summed E-state index contributed by atoms with van der Waals surface area (Å²) in [6.07, 6.45) is 0.603. The van der Waals surface area contributed by atoms with Crippen molar-refractivity contribution >= 4 is 17.5 Å². The molecule has 7 heteroatoms. The highest BCUT2D eigenvalue weighted by atomic mass is 32.2. The number of hydrogen-bond donors (Lipinski definition) is 0. The predicted molar refractivity (Wildman–Crippen MR) is 116 cm³/mol. The Kier molecular flexibility index (Phi) is 5.32. The second-order valence-corrected chi connectivity index (χ2v) is 8.43. The first kappa shape index (κ1) is 19.5. The number of nitrogens with zero attached hydrogens (tertiary/aromatic N) is 4. The van der Waals surface area contributed by atoms with Crippen molar-refractivity contribution in [1.82, 2.24) is 14.9 Å². The van der Waals surface area contributed by atoms with Crippen molar-refractivity contribution in [2.24, 2.45) is 5.10 Å². The number of methoxy groups -OCH3 is 2. The van der Waals surface area contributed by atoms with E-state index in [0.717, 1.165) is 27.8 Å². The SMILES string of the molecule is COc1ccc(Cc2nnc3n2N=C(c2ccc(C)c(C)c2)[C@@H](C)S3)cc1OC. The van der Waals surface area contributed by atoms with E-state index in [1.807, 2.05) is 22.9 Å². The molecule has 0 N–H and O–H groups in total. The standard InChI is InChI=1S/C22H24N4O2S/c1-13-6-8-17(10-14(13)2)21-15(3)29-22-24-23-20(26(22)25-21)12-16-7-9-18(27-4)19(11-16)28-5/h6-11,15H,12H2,1-5H3/t15-/m1/s1. The molecule has 150 valence electrons. The molecule has 1 aliphatic rings. The smallest absolute Gasteiger partial charge is 0.212 e. The molecule has 0 amide bonds. The molecule has 2 aromatic carbocycles. The van der Waals surface area contributed by atoms with Gasteiger partial charge in [0.15, 0.2) is 17.3 Å². The van der Waals surface area contributed by atoms with Gasteiger partial charge in [-0.05, 0) is 61.2 Å². The van der Waals surface area contributed by atoms with E-state index in [1.165, 1.54) is 11.1 Å². The van der Waals surface area contributed by atoms with Crippen molar-refractivity contribution < 1.29 is 9.47 Å². The normalized spacial score (nSPS) is 15.6. The van der Waals surface area contributed by atoms with Crippen LogP contribution in [0.1, 0.15) is 35.0 Å². The first-order valence-corrected chi connectivity index (χ1v) is 10.4. The molecule has 1 aliphatic heterocycles. The highest BCUT2D eigenvalue weighted by Crippen LogP contribution is 2.32. The Morgan fingerprint density at radius 3 is 2.48 bits per heavy atom. The lowest BCUT2D eigenvalue weighted by molar-refractivity contribution is 0.354. The third-order valence-corrected chi connectivity index (χ3v) is 6.21. The molecule has 0 spiro atoms. The molecule has 1 aromatic heterocycles. The van der Waals surface area contributed by atoms with E-state index in [2.05, 4.69) is 49.2 Å². The summed E-state index contributed by atoms with van der Waals surface area (Å²) in [6.45, 7) is 6.41. The zero-order chi connectivity index (χ0) is 20.5. The fourth-order valence-corrected chi connectivity index (χ4v) is 4.29. The van der Waals surface area contributed by atoms with Crippen LogP contribution in [0.2, 0.25) is 0 Å². The summed E-state index contributed by atoms with van der Waals surface area (Å²) in [5, 5.41) is 14.7. The van der Waals surface area contributed by atoms with Crippen LogP contribution in [0.25, 0.3) is 0 Å². The van der Waals surface area contributed by atoms with Gasteiger partial charge < -0.3 is 9.47 Å². The topological polar surface area (TPSA) is 61.5 Å². The molecule has 6 nitrogen and oxygen atoms in total. The molecule has 0 fully saturated rings. The lowest BCUT2D eigenvalue weighted by Gasteiger charge is -2.20. The van der Waals surface area contributed by atoms with Crippen LogP contribution < -0.4 is 9.47 Å². The predicted octanol–water partition coefficient (Wildman–Crippen LogP) is 4.25. The summed E-state index contributed by atoms with van der Waals surface area (Å²) in [5.41, 5.74) is 5.79. The van der Waals surface area contributed by atoms with Gasteiger partial charge in [0.2, 0.25) is 5.16 Å². The van der Waals surface area contributed by atoms with E-state index in [0.29, 0.717) is 17.9 Å². The van der Waals surface area contributed by atoms with Gasteiger partial charge in [0.1, 0.15) is 0 Å². The molecule has 3 aromatic rings. The van der Waals surface area contributed by atoms with Gasteiger partial charge in [-0.15, -0.1) is 10.2 Å². The zero-order valence-corrected chi connectivity index (χ0v) is 18.1. The highest BCUT2D eigenvalue weighted by molar-refractivity contribution is 8.00. The molecular formula is C22H24N4O2S. The molecule has 2 heterocycles. The fourth-order valence-electron chi connectivity index (χ4n) is 3.35. The average molecular weight is 409 g/mol. The van der Waals surface area contributed by atoms with Crippen LogP contribution in [0.15, 0.2) is 46.7 Å². The van der Waals surface area contributed by atoms with Crippen LogP contribution in [0.4, 0.5) is 0 Å². The highest BCUT2D eigenvalue weighted by Gasteiger charge is 2.26. The summed E-state index contributed by atoms with van der Waals surface area (Å²) in [7, 11) is 3.27. The van der Waals surface area contributed by atoms with Crippen LogP contribution >= 0.6 is 11.8 Å². The van der Waals surface area contributed by atoms with E-state index in [4.69, 9.17) is 14.6 Å². The average Bonchev–Trinajstić information content (AvgIpc) is 3.10. The lowest BCUT2D eigenvalue weighted by Crippen LogP contribution is -2.22. The maximum atomic E-state index is 5.42. The van der Waals surface area contributed by atoms with Crippen molar-refractivity contribution in [1.29, 1.82) is 0 Å². The molecule has 0 saturated heterocycles. The monoisotopic (exact) mass is 408 g/mol. The zero-order valence-electron chi connectivity index (χ0n) is 17.3. The van der Waals surface area contributed by atoms with Crippen LogP contribution in [0, 0.1) is 13.8 Å². The van der Waals surface area contributed by atoms with Gasteiger partial charge in [0, 0.05) is 6.42 Å². The van der Waals surface area contributed by atoms with Gasteiger partial charge in [-0.1, -0.05) is 30.0 Å².